The van der Waals surface area contributed by atoms with Gasteiger partial charge in [-0.2, -0.15) is 0 Å². The molecule has 1 saturated heterocycles. The third-order valence-corrected chi connectivity index (χ3v) is 5.29. The lowest BCUT2D eigenvalue weighted by Crippen LogP contribution is -3.06. The first kappa shape index (κ1) is 23.3. The molecule has 7 nitrogen and oxygen atoms in total. The predicted molar refractivity (Wildman–Crippen MR) is 119 cm³/mol. The van der Waals surface area contributed by atoms with Gasteiger partial charge in [-0.25, -0.2) is 0 Å². The molecule has 1 aliphatic rings. The molecular formula is C25H30N2O5. The molecule has 32 heavy (non-hydrogen) atoms. The summed E-state index contributed by atoms with van der Waals surface area (Å²) in [4.78, 5) is 28.4. The number of ketones is 1. The van der Waals surface area contributed by atoms with Crippen molar-refractivity contribution in [3.05, 3.63) is 65.2 Å². The van der Waals surface area contributed by atoms with Crippen molar-refractivity contribution in [1.29, 1.82) is 0 Å². The summed E-state index contributed by atoms with van der Waals surface area (Å²) >= 11 is 0. The number of amides is 1. The van der Waals surface area contributed by atoms with Crippen LogP contribution in [0.25, 0.3) is 5.76 Å². The van der Waals surface area contributed by atoms with Gasteiger partial charge >= 0.3 is 0 Å². The number of likely N-dealkylation sites (tertiary alicyclic amines) is 1. The highest BCUT2D eigenvalue weighted by Crippen LogP contribution is 2.38. The molecule has 2 N–H and O–H groups in total. The maximum absolute atomic E-state index is 13.4. The molecule has 0 radical (unpaired) electrons. The molecule has 0 bridgehead atoms. The number of rotatable bonds is 8. The largest absolute Gasteiger partial charge is 0.872 e. The van der Waals surface area contributed by atoms with E-state index < -0.39 is 23.5 Å². The van der Waals surface area contributed by atoms with Gasteiger partial charge in [-0.3, -0.25) is 9.59 Å². The zero-order valence-electron chi connectivity index (χ0n) is 18.9. The molecule has 1 amide bonds. The Morgan fingerprint density at radius 3 is 2.28 bits per heavy atom. The van der Waals surface area contributed by atoms with Crippen LogP contribution in [0.15, 0.2) is 54.1 Å². The quantitative estimate of drug-likeness (QED) is 0.361. The van der Waals surface area contributed by atoms with Gasteiger partial charge < -0.3 is 24.7 Å². The minimum atomic E-state index is -0.792. The summed E-state index contributed by atoms with van der Waals surface area (Å²) < 4.78 is 5.67. The minimum absolute atomic E-state index is 0.0645. The highest BCUT2D eigenvalue weighted by atomic mass is 16.5. The Balaban J connectivity index is 2.02. The Morgan fingerprint density at radius 2 is 1.72 bits per heavy atom. The molecule has 1 aliphatic heterocycles. The Kier molecular flexibility index (Phi) is 7.20. The van der Waals surface area contributed by atoms with Crippen molar-refractivity contribution in [1.82, 2.24) is 4.90 Å². The maximum Gasteiger partial charge on any atom is 0.295 e. The molecule has 1 unspecified atom stereocenters. The fraction of sp³-hybridized carbons (Fsp3) is 0.360. The normalized spacial score (nSPS) is 18.1. The van der Waals surface area contributed by atoms with E-state index >= 15 is 0 Å². The van der Waals surface area contributed by atoms with Crippen LogP contribution in [0.4, 0.5) is 0 Å². The van der Waals surface area contributed by atoms with Crippen molar-refractivity contribution in [2.24, 2.45) is 5.92 Å². The summed E-state index contributed by atoms with van der Waals surface area (Å²) in [5.74, 6) is -0.851. The lowest BCUT2D eigenvalue weighted by Gasteiger charge is -2.27. The number of nitrogens with one attached hydrogen (secondary N) is 1. The predicted octanol–water partition coefficient (Wildman–Crippen LogP) is 0.796. The van der Waals surface area contributed by atoms with Crippen molar-refractivity contribution < 1.29 is 29.4 Å². The molecule has 0 spiro atoms. The Bertz CT molecular complexity index is 994. The van der Waals surface area contributed by atoms with Crippen LogP contribution in [0.3, 0.4) is 0 Å². The maximum atomic E-state index is 13.4. The van der Waals surface area contributed by atoms with Crippen LogP contribution in [-0.4, -0.2) is 55.5 Å². The molecule has 1 atom stereocenters. The number of Topliss-reactive ketones (excluding diaryl/α,β-unsaturated/α-hetero) is 1. The molecule has 7 heteroatoms. The summed E-state index contributed by atoms with van der Waals surface area (Å²) in [5.41, 5.74) is 0.864. The summed E-state index contributed by atoms with van der Waals surface area (Å²) in [6.45, 7) is 5.60. The molecule has 0 aromatic heterocycles. The third kappa shape index (κ3) is 5.11. The van der Waals surface area contributed by atoms with Gasteiger partial charge in [0.05, 0.1) is 39.8 Å². The smallest absolute Gasteiger partial charge is 0.295 e. The van der Waals surface area contributed by atoms with Crippen LogP contribution < -0.4 is 14.7 Å². The number of phenols is 1. The van der Waals surface area contributed by atoms with Crippen molar-refractivity contribution in [2.75, 3.05) is 33.8 Å². The van der Waals surface area contributed by atoms with Gasteiger partial charge in [-0.05, 0) is 41.3 Å². The summed E-state index contributed by atoms with van der Waals surface area (Å²) in [7, 11) is 3.91. The van der Waals surface area contributed by atoms with Crippen LogP contribution in [-0.2, 0) is 9.59 Å². The fourth-order valence-electron chi connectivity index (χ4n) is 3.57. The molecule has 170 valence electrons. The average Bonchev–Trinajstić information content (AvgIpc) is 3.01. The molecule has 2 aromatic rings. The lowest BCUT2D eigenvalue weighted by atomic mass is 9.95. The number of ether oxygens (including phenoxy) is 1. The average molecular weight is 439 g/mol. The highest BCUT2D eigenvalue weighted by molar-refractivity contribution is 6.46. The number of nitrogens with zero attached hydrogens (tertiary/aromatic N) is 1. The van der Waals surface area contributed by atoms with E-state index in [1.807, 2.05) is 27.9 Å². The second-order valence-corrected chi connectivity index (χ2v) is 8.75. The van der Waals surface area contributed by atoms with Crippen molar-refractivity contribution in [2.45, 2.75) is 19.9 Å². The number of phenolic OH excluding ortho intramolecular Hbond substituents is 1. The molecule has 0 saturated carbocycles. The molecule has 1 fully saturated rings. The van der Waals surface area contributed by atoms with Crippen LogP contribution in [0.2, 0.25) is 0 Å². The van der Waals surface area contributed by atoms with E-state index in [1.165, 1.54) is 17.0 Å². The Labute approximate surface area is 188 Å². The molecule has 0 aliphatic carbocycles. The standard InChI is InChI=1S/C25H30N2O5/c1-16(2)15-32-20-11-7-18(8-12-20)23(29)21-22(17-5-9-19(28)10-6-17)27(14-13-26(3)4)25(31)24(21)30/h5-12,16,22,28-29H,13-15H2,1-4H3/b23-21+. The Hall–Kier alpha value is -3.32. The van der Waals surface area contributed by atoms with Gasteiger partial charge in [0.15, 0.2) is 0 Å². The van der Waals surface area contributed by atoms with Crippen molar-refractivity contribution >= 4 is 17.4 Å². The summed E-state index contributed by atoms with van der Waals surface area (Å²) in [6.07, 6.45) is 0. The first-order valence-corrected chi connectivity index (χ1v) is 10.8. The van der Waals surface area contributed by atoms with E-state index in [4.69, 9.17) is 4.74 Å². The summed E-state index contributed by atoms with van der Waals surface area (Å²) in [6, 6.07) is 12.1. The van der Waals surface area contributed by atoms with E-state index in [0.29, 0.717) is 42.5 Å². The van der Waals surface area contributed by atoms with Gasteiger partial charge in [0.1, 0.15) is 11.5 Å². The number of aromatic hydroxyl groups is 1. The van der Waals surface area contributed by atoms with E-state index in [1.54, 1.807) is 36.4 Å². The molecule has 1 heterocycles. The first-order valence-electron chi connectivity index (χ1n) is 10.8. The number of benzene rings is 2. The van der Waals surface area contributed by atoms with Gasteiger partial charge in [0.25, 0.3) is 5.91 Å². The van der Waals surface area contributed by atoms with Crippen LogP contribution in [0.1, 0.15) is 31.0 Å². The number of carbonyl (C=O) groups is 2. The number of hydrogen-bond acceptors (Lipinski definition) is 5. The zero-order valence-corrected chi connectivity index (χ0v) is 18.9. The number of hydrogen-bond donors (Lipinski definition) is 2. The molecular weight excluding hydrogens is 408 g/mol. The second-order valence-electron chi connectivity index (χ2n) is 8.75. The van der Waals surface area contributed by atoms with Gasteiger partial charge in [-0.15, -0.1) is 0 Å². The first-order chi connectivity index (χ1) is 15.2. The van der Waals surface area contributed by atoms with E-state index in [-0.39, 0.29) is 11.3 Å². The number of carbonyl (C=O) groups excluding carboxylic acids is 2. The minimum Gasteiger partial charge on any atom is -0.872 e. The fourth-order valence-corrected chi connectivity index (χ4v) is 3.57. The van der Waals surface area contributed by atoms with Gasteiger partial charge in [0.2, 0.25) is 5.78 Å². The number of quaternary nitrogens is 1. The van der Waals surface area contributed by atoms with E-state index in [9.17, 15) is 19.8 Å². The Morgan fingerprint density at radius 1 is 1.09 bits per heavy atom. The topological polar surface area (TPSA) is 94.3 Å². The third-order valence-electron chi connectivity index (χ3n) is 5.29. The number of likely N-dealkylation sites (N-methyl/N-ethyl adjacent to an activating group) is 1. The van der Waals surface area contributed by atoms with E-state index in [0.717, 1.165) is 4.90 Å². The molecule has 2 aromatic carbocycles. The molecule has 3 rings (SSSR count). The zero-order chi connectivity index (χ0) is 23.4. The lowest BCUT2D eigenvalue weighted by molar-refractivity contribution is -0.857. The monoisotopic (exact) mass is 438 g/mol. The van der Waals surface area contributed by atoms with Crippen LogP contribution >= 0.6 is 0 Å². The summed E-state index contributed by atoms with van der Waals surface area (Å²) in [5, 5.41) is 23.0. The SMILES string of the molecule is CC(C)COc1ccc(/C([O-])=C2\C(=O)C(=O)N(CC[NH+](C)C)C2c2ccc(O)cc2)cc1. The highest BCUT2D eigenvalue weighted by Gasteiger charge is 2.44. The van der Waals surface area contributed by atoms with E-state index in [2.05, 4.69) is 0 Å². The van der Waals surface area contributed by atoms with Gasteiger partial charge in [0, 0.05) is 5.57 Å². The van der Waals surface area contributed by atoms with Crippen molar-refractivity contribution in [3.8, 4) is 11.5 Å². The van der Waals surface area contributed by atoms with Crippen LogP contribution in [0, 0.1) is 5.92 Å². The van der Waals surface area contributed by atoms with Crippen LogP contribution in [0.5, 0.6) is 11.5 Å². The van der Waals surface area contributed by atoms with Crippen molar-refractivity contribution in [3.63, 3.8) is 0 Å². The second kappa shape index (κ2) is 9.87. The van der Waals surface area contributed by atoms with Gasteiger partial charge in [-0.1, -0.05) is 43.9 Å².